The minimum absolute atomic E-state index is 0.0417. The van der Waals surface area contributed by atoms with Crippen LogP contribution in [-0.4, -0.2) is 30.9 Å². The van der Waals surface area contributed by atoms with Crippen LogP contribution in [0.2, 0.25) is 0 Å². The van der Waals surface area contributed by atoms with Crippen LogP contribution in [0.1, 0.15) is 113 Å². The summed E-state index contributed by atoms with van der Waals surface area (Å²) in [5.41, 5.74) is 0.416. The first-order chi connectivity index (χ1) is 17.5. The van der Waals surface area contributed by atoms with Crippen LogP contribution >= 0.6 is 0 Å². The zero-order valence-corrected chi connectivity index (χ0v) is 25.3. The molecule has 4 fully saturated rings. The summed E-state index contributed by atoms with van der Waals surface area (Å²) in [6.45, 7) is 17.7. The van der Waals surface area contributed by atoms with Crippen molar-refractivity contribution in [2.24, 2.45) is 50.2 Å². The number of carbonyl (C=O) groups excluding carboxylic acids is 3. The average molecular weight is 527 g/mol. The Kier molecular flexibility index (Phi) is 6.19. The molecule has 0 heterocycles. The Morgan fingerprint density at radius 3 is 2.18 bits per heavy atom. The molecule has 0 aromatic carbocycles. The summed E-state index contributed by atoms with van der Waals surface area (Å²) in [6, 6.07) is 0. The number of allylic oxidation sites excluding steroid dienone is 2. The van der Waals surface area contributed by atoms with Crippen LogP contribution in [0.15, 0.2) is 11.6 Å². The Morgan fingerprint density at radius 1 is 0.895 bits per heavy atom. The number of carbonyl (C=O) groups is 3. The van der Waals surface area contributed by atoms with E-state index in [0.29, 0.717) is 11.7 Å². The molecule has 5 nitrogen and oxygen atoms in total. The Labute approximate surface area is 229 Å². The maximum absolute atomic E-state index is 14.4. The molecular formula is C33H50O5. The van der Waals surface area contributed by atoms with Crippen LogP contribution in [-0.2, 0) is 23.9 Å². The van der Waals surface area contributed by atoms with Crippen LogP contribution in [0.5, 0.6) is 0 Å². The zero-order chi connectivity index (χ0) is 28.1. The van der Waals surface area contributed by atoms with Gasteiger partial charge < -0.3 is 9.47 Å². The molecule has 0 N–H and O–H groups in total. The highest BCUT2D eigenvalue weighted by molar-refractivity contribution is 5.95. The maximum Gasteiger partial charge on any atom is 0.311 e. The quantitative estimate of drug-likeness (QED) is 0.360. The molecular weight excluding hydrogens is 476 g/mol. The number of ether oxygens (including phenoxy) is 2. The van der Waals surface area contributed by atoms with E-state index in [-0.39, 0.29) is 57.0 Å². The average Bonchev–Trinajstić information content (AvgIpc) is 2.82. The fraction of sp³-hybridized carbons (Fsp3) is 0.848. The predicted molar refractivity (Wildman–Crippen MR) is 147 cm³/mol. The van der Waals surface area contributed by atoms with Crippen molar-refractivity contribution in [2.75, 3.05) is 7.11 Å². The summed E-state index contributed by atoms with van der Waals surface area (Å²) in [6.07, 6.45) is 10.6. The van der Waals surface area contributed by atoms with Crippen LogP contribution in [0.4, 0.5) is 0 Å². The van der Waals surface area contributed by atoms with Crippen LogP contribution < -0.4 is 0 Å². The molecule has 5 aliphatic rings. The van der Waals surface area contributed by atoms with Crippen LogP contribution in [0.3, 0.4) is 0 Å². The number of rotatable bonds is 2. The van der Waals surface area contributed by atoms with Gasteiger partial charge in [0.1, 0.15) is 6.10 Å². The molecule has 0 amide bonds. The van der Waals surface area contributed by atoms with Crippen LogP contribution in [0, 0.1) is 50.2 Å². The van der Waals surface area contributed by atoms with E-state index in [4.69, 9.17) is 9.47 Å². The zero-order valence-electron chi connectivity index (χ0n) is 25.3. The Balaban J connectivity index is 1.57. The smallest absolute Gasteiger partial charge is 0.311 e. The second-order valence-electron chi connectivity index (χ2n) is 15.7. The fourth-order valence-corrected chi connectivity index (χ4v) is 11.0. The molecule has 212 valence electrons. The molecule has 0 radical (unpaired) electrons. The molecule has 0 bridgehead atoms. The third-order valence-electron chi connectivity index (χ3n) is 13.5. The molecule has 0 aliphatic heterocycles. The lowest BCUT2D eigenvalue weighted by molar-refractivity contribution is -0.210. The van der Waals surface area contributed by atoms with E-state index in [1.54, 1.807) is 0 Å². The largest absolute Gasteiger partial charge is 0.469 e. The molecule has 0 spiro atoms. The lowest BCUT2D eigenvalue weighted by Crippen LogP contribution is -2.66. The van der Waals surface area contributed by atoms with Crippen molar-refractivity contribution in [3.05, 3.63) is 11.6 Å². The van der Waals surface area contributed by atoms with Gasteiger partial charge in [0.05, 0.1) is 12.5 Å². The van der Waals surface area contributed by atoms with E-state index in [1.807, 2.05) is 0 Å². The van der Waals surface area contributed by atoms with Gasteiger partial charge in [-0.3, -0.25) is 14.4 Å². The van der Waals surface area contributed by atoms with Gasteiger partial charge in [0.25, 0.3) is 0 Å². The van der Waals surface area contributed by atoms with Crippen molar-refractivity contribution in [1.29, 1.82) is 0 Å². The van der Waals surface area contributed by atoms with Crippen molar-refractivity contribution in [3.63, 3.8) is 0 Å². The van der Waals surface area contributed by atoms with Crippen molar-refractivity contribution >= 4 is 17.7 Å². The molecule has 2 unspecified atom stereocenters. The van der Waals surface area contributed by atoms with E-state index in [1.165, 1.54) is 19.6 Å². The standard InChI is InChI=1S/C33H50O5/c1-20(34)38-25-11-12-31(6)24(28(25,2)3)10-13-33(8)26(31)23(35)18-21-22-19-30(5,27(36)37-9)15-14-29(22,4)16-17-32(21,33)7/h18,22,24-26H,10-17,19H2,1-9H3/t22-,24?,25-,26?,29+,30-,31-,32+,33+/m0/s1. The third-order valence-corrected chi connectivity index (χ3v) is 13.5. The van der Waals surface area contributed by atoms with Gasteiger partial charge in [0.15, 0.2) is 5.78 Å². The molecule has 4 saturated carbocycles. The predicted octanol–water partition coefficient (Wildman–Crippen LogP) is 7.07. The molecule has 0 aromatic rings. The molecule has 38 heavy (non-hydrogen) atoms. The normalized spacial score (nSPS) is 49.4. The highest BCUT2D eigenvalue weighted by Crippen LogP contribution is 2.75. The van der Waals surface area contributed by atoms with Gasteiger partial charge in [0, 0.05) is 18.3 Å². The Hall–Kier alpha value is -1.65. The number of methoxy groups -OCH3 is 1. The first kappa shape index (κ1) is 27.9. The summed E-state index contributed by atoms with van der Waals surface area (Å²) >= 11 is 0. The van der Waals surface area contributed by atoms with Gasteiger partial charge >= 0.3 is 11.9 Å². The van der Waals surface area contributed by atoms with E-state index in [9.17, 15) is 14.4 Å². The second kappa shape index (κ2) is 8.43. The van der Waals surface area contributed by atoms with E-state index in [2.05, 4.69) is 54.5 Å². The Morgan fingerprint density at radius 2 is 1.55 bits per heavy atom. The van der Waals surface area contributed by atoms with E-state index in [0.717, 1.165) is 57.8 Å². The number of hydrogen-bond acceptors (Lipinski definition) is 5. The number of esters is 2. The highest BCUT2D eigenvalue weighted by atomic mass is 16.5. The molecule has 9 atom stereocenters. The number of fused-ring (bicyclic) bond motifs is 7. The molecule has 5 rings (SSSR count). The first-order valence-corrected chi connectivity index (χ1v) is 15.0. The highest BCUT2D eigenvalue weighted by Gasteiger charge is 2.70. The van der Waals surface area contributed by atoms with E-state index >= 15 is 0 Å². The summed E-state index contributed by atoms with van der Waals surface area (Å²) in [4.78, 5) is 39.2. The number of ketones is 1. The monoisotopic (exact) mass is 526 g/mol. The summed E-state index contributed by atoms with van der Waals surface area (Å²) in [5.74, 6) is 0.474. The Bertz CT molecular complexity index is 1090. The van der Waals surface area contributed by atoms with Gasteiger partial charge in [-0.25, -0.2) is 0 Å². The SMILES string of the molecule is COC(=O)[C@@]1(C)CC[C@]2(C)CC[C@]3(C)C(=CC(=O)C4[C@@]5(C)CC[C@H](OC(C)=O)C(C)(C)C5CC[C@]43C)[C@@H]2C1. The lowest BCUT2D eigenvalue weighted by Gasteiger charge is -2.70. The van der Waals surface area contributed by atoms with Gasteiger partial charge in [0.2, 0.25) is 0 Å². The van der Waals surface area contributed by atoms with Crippen molar-refractivity contribution in [2.45, 2.75) is 119 Å². The third kappa shape index (κ3) is 3.51. The summed E-state index contributed by atoms with van der Waals surface area (Å²) in [7, 11) is 1.50. The minimum Gasteiger partial charge on any atom is -0.469 e. The van der Waals surface area contributed by atoms with Crippen molar-refractivity contribution < 1.29 is 23.9 Å². The lowest BCUT2D eigenvalue weighted by atomic mass is 9.33. The maximum atomic E-state index is 14.4. The molecule has 0 saturated heterocycles. The van der Waals surface area contributed by atoms with Gasteiger partial charge in [-0.2, -0.15) is 0 Å². The van der Waals surface area contributed by atoms with Crippen molar-refractivity contribution in [3.8, 4) is 0 Å². The van der Waals surface area contributed by atoms with Gasteiger partial charge in [-0.15, -0.1) is 0 Å². The molecule has 0 aromatic heterocycles. The van der Waals surface area contributed by atoms with E-state index < -0.39 is 5.41 Å². The number of hydrogen-bond donors (Lipinski definition) is 0. The molecule has 5 heteroatoms. The van der Waals surface area contributed by atoms with Crippen LogP contribution in [0.25, 0.3) is 0 Å². The van der Waals surface area contributed by atoms with Crippen molar-refractivity contribution in [1.82, 2.24) is 0 Å². The topological polar surface area (TPSA) is 69.7 Å². The van der Waals surface area contributed by atoms with Gasteiger partial charge in [-0.05, 0) is 104 Å². The molecule has 5 aliphatic carbocycles. The van der Waals surface area contributed by atoms with Gasteiger partial charge in [-0.1, -0.05) is 47.1 Å². The second-order valence-corrected chi connectivity index (χ2v) is 15.7. The first-order valence-electron chi connectivity index (χ1n) is 15.0. The summed E-state index contributed by atoms with van der Waals surface area (Å²) in [5, 5.41) is 0. The minimum atomic E-state index is -0.498. The fourth-order valence-electron chi connectivity index (χ4n) is 11.0. The summed E-state index contributed by atoms with van der Waals surface area (Å²) < 4.78 is 11.1.